The SMILES string of the molecule is CCNC(=NCC(C)COCc1ccccc1)N1CCN(C(C)=O)CC1.I. The summed E-state index contributed by atoms with van der Waals surface area (Å²) in [5.41, 5.74) is 1.19. The number of amides is 1. The van der Waals surface area contributed by atoms with Crippen LogP contribution in [-0.4, -0.2) is 67.5 Å². The fourth-order valence-corrected chi connectivity index (χ4v) is 2.91. The largest absolute Gasteiger partial charge is 0.376 e. The first-order valence-electron chi connectivity index (χ1n) is 9.50. The van der Waals surface area contributed by atoms with Crippen LogP contribution in [0.1, 0.15) is 26.3 Å². The maximum absolute atomic E-state index is 11.5. The van der Waals surface area contributed by atoms with E-state index in [0.717, 1.165) is 45.2 Å². The second kappa shape index (κ2) is 12.9. The topological polar surface area (TPSA) is 57.2 Å². The van der Waals surface area contributed by atoms with Gasteiger partial charge in [-0.05, 0) is 18.4 Å². The van der Waals surface area contributed by atoms with Crippen molar-refractivity contribution in [3.05, 3.63) is 35.9 Å². The molecule has 0 bridgehead atoms. The molecule has 1 heterocycles. The first kappa shape index (κ1) is 23.7. The predicted molar refractivity (Wildman–Crippen MR) is 120 cm³/mol. The zero-order chi connectivity index (χ0) is 18.8. The lowest BCUT2D eigenvalue weighted by molar-refractivity contribution is -0.130. The molecule has 1 aromatic rings. The molecular weight excluding hydrogens is 455 g/mol. The number of benzene rings is 1. The number of ether oxygens (including phenoxy) is 1. The molecular formula is C20H33IN4O2. The number of hydrogen-bond donors (Lipinski definition) is 1. The van der Waals surface area contributed by atoms with Crippen LogP contribution in [0.2, 0.25) is 0 Å². The minimum Gasteiger partial charge on any atom is -0.376 e. The summed E-state index contributed by atoms with van der Waals surface area (Å²) < 4.78 is 5.81. The van der Waals surface area contributed by atoms with Gasteiger partial charge >= 0.3 is 0 Å². The Morgan fingerprint density at radius 1 is 1.19 bits per heavy atom. The van der Waals surface area contributed by atoms with Crippen molar-refractivity contribution in [2.24, 2.45) is 10.9 Å². The maximum atomic E-state index is 11.5. The zero-order valence-electron chi connectivity index (χ0n) is 16.7. The molecule has 1 saturated heterocycles. The van der Waals surface area contributed by atoms with E-state index in [9.17, 15) is 4.79 Å². The minimum absolute atomic E-state index is 0. The normalized spacial score (nSPS) is 15.9. The fourth-order valence-electron chi connectivity index (χ4n) is 2.91. The highest BCUT2D eigenvalue weighted by Crippen LogP contribution is 2.06. The molecule has 2 rings (SSSR count). The molecule has 1 N–H and O–H groups in total. The molecule has 1 fully saturated rings. The Kier molecular flexibility index (Phi) is 11.3. The van der Waals surface area contributed by atoms with Crippen LogP contribution in [-0.2, 0) is 16.1 Å². The Morgan fingerprint density at radius 2 is 1.81 bits per heavy atom. The standard InChI is InChI=1S/C20H32N4O2.HI/c1-4-21-20(24-12-10-23(11-13-24)18(3)25)22-14-17(2)15-26-16-19-8-6-5-7-9-19;/h5-9,17H,4,10-16H2,1-3H3,(H,21,22);1H. The van der Waals surface area contributed by atoms with Crippen LogP contribution in [0, 0.1) is 5.92 Å². The number of guanidine groups is 1. The van der Waals surface area contributed by atoms with Gasteiger partial charge in [0.1, 0.15) is 0 Å². The number of nitrogens with one attached hydrogen (secondary N) is 1. The summed E-state index contributed by atoms with van der Waals surface area (Å²) in [4.78, 5) is 20.4. The third-order valence-corrected chi connectivity index (χ3v) is 4.43. The van der Waals surface area contributed by atoms with Crippen LogP contribution in [0.5, 0.6) is 0 Å². The van der Waals surface area contributed by atoms with Crippen molar-refractivity contribution < 1.29 is 9.53 Å². The molecule has 1 amide bonds. The van der Waals surface area contributed by atoms with Crippen LogP contribution in [0.4, 0.5) is 0 Å². The van der Waals surface area contributed by atoms with Gasteiger partial charge < -0.3 is 19.9 Å². The van der Waals surface area contributed by atoms with Crippen molar-refractivity contribution in [1.82, 2.24) is 15.1 Å². The number of carbonyl (C=O) groups excluding carboxylic acids is 1. The monoisotopic (exact) mass is 488 g/mol. The van der Waals surface area contributed by atoms with E-state index in [4.69, 9.17) is 9.73 Å². The van der Waals surface area contributed by atoms with Crippen molar-refractivity contribution in [2.75, 3.05) is 45.9 Å². The summed E-state index contributed by atoms with van der Waals surface area (Å²) >= 11 is 0. The van der Waals surface area contributed by atoms with Crippen molar-refractivity contribution >= 4 is 35.8 Å². The van der Waals surface area contributed by atoms with E-state index in [-0.39, 0.29) is 29.9 Å². The van der Waals surface area contributed by atoms with Gasteiger partial charge in [-0.2, -0.15) is 0 Å². The second-order valence-electron chi connectivity index (χ2n) is 6.79. The van der Waals surface area contributed by atoms with Crippen molar-refractivity contribution in [1.29, 1.82) is 0 Å². The lowest BCUT2D eigenvalue weighted by atomic mass is 10.2. The summed E-state index contributed by atoms with van der Waals surface area (Å²) in [5, 5.41) is 3.37. The number of nitrogens with zero attached hydrogens (tertiary/aromatic N) is 3. The summed E-state index contributed by atoms with van der Waals surface area (Å²) in [5.74, 6) is 1.44. The highest BCUT2D eigenvalue weighted by molar-refractivity contribution is 14.0. The van der Waals surface area contributed by atoms with Gasteiger partial charge in [-0.3, -0.25) is 9.79 Å². The molecule has 0 aliphatic carbocycles. The molecule has 0 radical (unpaired) electrons. The number of halogens is 1. The minimum atomic E-state index is 0. The average Bonchev–Trinajstić information content (AvgIpc) is 2.66. The van der Waals surface area contributed by atoms with E-state index in [1.807, 2.05) is 23.1 Å². The van der Waals surface area contributed by atoms with Gasteiger partial charge in [-0.1, -0.05) is 37.3 Å². The molecule has 0 aromatic heterocycles. The van der Waals surface area contributed by atoms with Crippen LogP contribution in [0.3, 0.4) is 0 Å². The molecule has 1 unspecified atom stereocenters. The molecule has 27 heavy (non-hydrogen) atoms. The van der Waals surface area contributed by atoms with Gasteiger partial charge in [0.25, 0.3) is 0 Å². The molecule has 0 saturated carbocycles. The zero-order valence-corrected chi connectivity index (χ0v) is 19.0. The Balaban J connectivity index is 0.00000364. The van der Waals surface area contributed by atoms with Crippen molar-refractivity contribution in [3.8, 4) is 0 Å². The summed E-state index contributed by atoms with van der Waals surface area (Å²) in [6, 6.07) is 10.2. The number of carbonyl (C=O) groups is 1. The van der Waals surface area contributed by atoms with E-state index >= 15 is 0 Å². The highest BCUT2D eigenvalue weighted by atomic mass is 127. The predicted octanol–water partition coefficient (Wildman–Crippen LogP) is 2.59. The van der Waals surface area contributed by atoms with Crippen LogP contribution in [0.15, 0.2) is 35.3 Å². The number of hydrogen-bond acceptors (Lipinski definition) is 3. The molecule has 1 aliphatic rings. The van der Waals surface area contributed by atoms with E-state index in [1.165, 1.54) is 5.56 Å². The van der Waals surface area contributed by atoms with E-state index in [0.29, 0.717) is 19.1 Å². The third-order valence-electron chi connectivity index (χ3n) is 4.43. The Morgan fingerprint density at radius 3 is 2.41 bits per heavy atom. The van der Waals surface area contributed by atoms with Crippen molar-refractivity contribution in [3.63, 3.8) is 0 Å². The van der Waals surface area contributed by atoms with E-state index in [1.54, 1.807) is 6.92 Å². The van der Waals surface area contributed by atoms with Gasteiger partial charge in [-0.15, -0.1) is 24.0 Å². The number of rotatable bonds is 7. The smallest absolute Gasteiger partial charge is 0.219 e. The van der Waals surface area contributed by atoms with Crippen LogP contribution in [0.25, 0.3) is 0 Å². The average molecular weight is 488 g/mol. The summed E-state index contributed by atoms with van der Waals surface area (Å²) in [7, 11) is 0. The molecule has 152 valence electrons. The molecule has 6 nitrogen and oxygen atoms in total. The number of piperazine rings is 1. The van der Waals surface area contributed by atoms with Gasteiger partial charge in [0.05, 0.1) is 13.2 Å². The first-order chi connectivity index (χ1) is 12.6. The van der Waals surface area contributed by atoms with Gasteiger partial charge in [0, 0.05) is 46.2 Å². The van der Waals surface area contributed by atoms with E-state index in [2.05, 4.69) is 36.2 Å². The second-order valence-corrected chi connectivity index (χ2v) is 6.79. The first-order valence-corrected chi connectivity index (χ1v) is 9.50. The number of aliphatic imine (C=N–C) groups is 1. The van der Waals surface area contributed by atoms with Crippen LogP contribution < -0.4 is 5.32 Å². The maximum Gasteiger partial charge on any atom is 0.219 e. The molecule has 1 aromatic carbocycles. The van der Waals surface area contributed by atoms with Gasteiger partial charge in [0.2, 0.25) is 5.91 Å². The van der Waals surface area contributed by atoms with Crippen molar-refractivity contribution in [2.45, 2.75) is 27.4 Å². The summed E-state index contributed by atoms with van der Waals surface area (Å²) in [6.07, 6.45) is 0. The Hall–Kier alpha value is -1.35. The molecule has 0 spiro atoms. The lowest BCUT2D eigenvalue weighted by Gasteiger charge is -2.36. The molecule has 7 heteroatoms. The van der Waals surface area contributed by atoms with Gasteiger partial charge in [-0.25, -0.2) is 0 Å². The quantitative estimate of drug-likeness (QED) is 0.364. The molecule has 1 atom stereocenters. The summed E-state index contributed by atoms with van der Waals surface area (Å²) in [6.45, 7) is 11.9. The lowest BCUT2D eigenvalue weighted by Crippen LogP contribution is -2.53. The molecule has 1 aliphatic heterocycles. The fraction of sp³-hybridized carbons (Fsp3) is 0.600. The Labute approximate surface area is 180 Å². The third kappa shape index (κ3) is 8.47. The van der Waals surface area contributed by atoms with Crippen LogP contribution >= 0.6 is 24.0 Å². The highest BCUT2D eigenvalue weighted by Gasteiger charge is 2.20. The van der Waals surface area contributed by atoms with E-state index < -0.39 is 0 Å². The van der Waals surface area contributed by atoms with Gasteiger partial charge in [0.15, 0.2) is 5.96 Å². The Bertz CT molecular complexity index is 575.